The van der Waals surface area contributed by atoms with Gasteiger partial charge in [-0.05, 0) is 25.7 Å². The molecule has 0 aliphatic heterocycles. The molecule has 2 rings (SSSR count). The third-order valence-electron chi connectivity index (χ3n) is 5.25. The molecule has 1 saturated carbocycles. The van der Waals surface area contributed by atoms with Crippen molar-refractivity contribution < 1.29 is 32.5 Å². The first kappa shape index (κ1) is 21.7. The van der Waals surface area contributed by atoms with Crippen LogP contribution in [0, 0.1) is 35.2 Å². The van der Waals surface area contributed by atoms with Gasteiger partial charge in [-0.2, -0.15) is 0 Å². The zero-order valence-electron chi connectivity index (χ0n) is 15.8. The molecule has 0 aromatic heterocycles. The minimum atomic E-state index is -1.45. The fourth-order valence-corrected chi connectivity index (χ4v) is 3.54. The Hall–Kier alpha value is -1.57. The minimum absolute atomic E-state index is 0.280. The molecular formula is C19H22ClF3O4. The van der Waals surface area contributed by atoms with Crippen LogP contribution in [0.5, 0.6) is 0 Å². The number of halogens is 4. The second-order valence-corrected chi connectivity index (χ2v) is 7.82. The molecule has 1 aliphatic rings. The van der Waals surface area contributed by atoms with E-state index in [4.69, 9.17) is 16.3 Å². The van der Waals surface area contributed by atoms with E-state index in [1.54, 1.807) is 6.08 Å². The highest BCUT2D eigenvalue weighted by molar-refractivity contribution is 6.31. The Balaban J connectivity index is 2.27. The first-order valence-corrected chi connectivity index (χ1v) is 8.66. The van der Waals surface area contributed by atoms with Gasteiger partial charge in [-0.3, -0.25) is 0 Å². The van der Waals surface area contributed by atoms with Crippen molar-refractivity contribution in [3.05, 3.63) is 45.3 Å². The maximum absolute atomic E-state index is 14.1. The summed E-state index contributed by atoms with van der Waals surface area (Å²) in [6.45, 7) is 5.69. The number of carbonyl (C=O) groups excluding carboxylic acids is 1. The molecule has 0 spiro atoms. The maximum atomic E-state index is 14.1. The van der Waals surface area contributed by atoms with Gasteiger partial charge in [0, 0.05) is 22.1 Å². The summed E-state index contributed by atoms with van der Waals surface area (Å²) in [5.74, 6) is -4.31. The average molecular weight is 407 g/mol. The van der Waals surface area contributed by atoms with Crippen molar-refractivity contribution in [2.24, 2.45) is 10.8 Å². The summed E-state index contributed by atoms with van der Waals surface area (Å²) in [5.41, 5.74) is -2.09. The van der Waals surface area contributed by atoms with Gasteiger partial charge in [0.25, 0.3) is 0 Å². The number of methoxy groups -OCH3 is 1. The lowest BCUT2D eigenvalue weighted by Gasteiger charge is -2.25. The number of aliphatic hydroxyl groups excluding tert-OH is 1. The van der Waals surface area contributed by atoms with E-state index >= 15 is 0 Å². The molecule has 27 heavy (non-hydrogen) atoms. The normalized spacial score (nSPS) is 22.5. The average Bonchev–Trinajstić information content (AvgIpc) is 3.18. The number of hydrogen-bond acceptors (Lipinski definition) is 4. The zero-order valence-corrected chi connectivity index (χ0v) is 16.5. The Labute approximate surface area is 160 Å². The Kier molecular flexibility index (Phi) is 5.99. The van der Waals surface area contributed by atoms with Gasteiger partial charge in [0.15, 0.2) is 17.9 Å². The number of esters is 1. The summed E-state index contributed by atoms with van der Waals surface area (Å²) >= 11 is 5.77. The Morgan fingerprint density at radius 2 is 1.85 bits per heavy atom. The second kappa shape index (κ2) is 7.45. The first-order chi connectivity index (χ1) is 12.4. The first-order valence-electron chi connectivity index (χ1n) is 8.28. The van der Waals surface area contributed by atoms with Crippen molar-refractivity contribution in [2.75, 3.05) is 7.11 Å². The van der Waals surface area contributed by atoms with E-state index in [0.717, 1.165) is 6.92 Å². The largest absolute Gasteiger partial charge is 0.466 e. The quantitative estimate of drug-likeness (QED) is 0.328. The molecule has 150 valence electrons. The topological polar surface area (TPSA) is 55.8 Å². The second-order valence-electron chi connectivity index (χ2n) is 7.44. The van der Waals surface area contributed by atoms with Crippen molar-refractivity contribution >= 4 is 17.6 Å². The van der Waals surface area contributed by atoms with Gasteiger partial charge in [-0.1, -0.05) is 31.5 Å². The minimum Gasteiger partial charge on any atom is -0.466 e. The number of hydrogen-bond donors (Lipinski definition) is 1. The summed E-state index contributed by atoms with van der Waals surface area (Å²) in [7, 11) is 1.24. The Morgan fingerprint density at radius 1 is 1.30 bits per heavy atom. The van der Waals surface area contributed by atoms with E-state index in [1.807, 2.05) is 13.8 Å². The molecule has 0 amide bonds. The summed E-state index contributed by atoms with van der Waals surface area (Å²) in [6.07, 6.45) is 0.593. The maximum Gasteiger partial charge on any atom is 0.333 e. The molecule has 0 bridgehead atoms. The summed E-state index contributed by atoms with van der Waals surface area (Å²) < 4.78 is 51.8. The van der Waals surface area contributed by atoms with Crippen LogP contribution in [0.4, 0.5) is 13.2 Å². The number of ether oxygens (including phenoxy) is 2. The van der Waals surface area contributed by atoms with Crippen LogP contribution in [0.25, 0.3) is 0 Å². The van der Waals surface area contributed by atoms with Gasteiger partial charge in [-0.25, -0.2) is 18.0 Å². The molecule has 0 heterocycles. The van der Waals surface area contributed by atoms with Gasteiger partial charge in [0.2, 0.25) is 0 Å². The third-order valence-corrected chi connectivity index (χ3v) is 5.64. The van der Waals surface area contributed by atoms with Gasteiger partial charge in [0.1, 0.15) is 5.82 Å². The van der Waals surface area contributed by atoms with E-state index < -0.39 is 63.3 Å². The third kappa shape index (κ3) is 3.73. The number of carbonyl (C=O) groups is 1. The fraction of sp³-hybridized carbons (Fsp3) is 0.526. The van der Waals surface area contributed by atoms with E-state index in [0.29, 0.717) is 6.42 Å². The molecule has 1 fully saturated rings. The van der Waals surface area contributed by atoms with Crippen molar-refractivity contribution in [1.82, 2.24) is 0 Å². The van der Waals surface area contributed by atoms with Crippen LogP contribution in [-0.2, 0) is 20.9 Å². The fourth-order valence-electron chi connectivity index (χ4n) is 3.26. The lowest BCUT2D eigenvalue weighted by molar-refractivity contribution is -0.148. The lowest BCUT2D eigenvalue weighted by Crippen LogP contribution is -2.29. The number of benzene rings is 1. The lowest BCUT2D eigenvalue weighted by atomic mass is 9.92. The van der Waals surface area contributed by atoms with Crippen LogP contribution in [-0.4, -0.2) is 24.5 Å². The highest BCUT2D eigenvalue weighted by Crippen LogP contribution is 2.67. The van der Waals surface area contributed by atoms with Gasteiger partial charge >= 0.3 is 5.97 Å². The predicted octanol–water partition coefficient (Wildman–Crippen LogP) is 4.44. The monoisotopic (exact) mass is 406 g/mol. The molecule has 2 unspecified atom stereocenters. The van der Waals surface area contributed by atoms with E-state index in [9.17, 15) is 23.1 Å². The van der Waals surface area contributed by atoms with Crippen LogP contribution < -0.4 is 0 Å². The summed E-state index contributed by atoms with van der Waals surface area (Å²) in [6, 6.07) is 0. The van der Waals surface area contributed by atoms with E-state index in [1.165, 1.54) is 14.0 Å². The Bertz CT molecular complexity index is 778. The molecule has 0 radical (unpaired) electrons. The van der Waals surface area contributed by atoms with Crippen LogP contribution in [0.3, 0.4) is 0 Å². The number of rotatable bonds is 6. The van der Waals surface area contributed by atoms with Crippen molar-refractivity contribution in [1.29, 1.82) is 0 Å². The molecule has 1 aliphatic carbocycles. The van der Waals surface area contributed by atoms with Crippen LogP contribution >= 0.6 is 11.6 Å². The molecular weight excluding hydrogens is 385 g/mol. The molecule has 8 heteroatoms. The van der Waals surface area contributed by atoms with E-state index in [2.05, 4.69) is 4.74 Å². The van der Waals surface area contributed by atoms with Gasteiger partial charge < -0.3 is 14.6 Å². The van der Waals surface area contributed by atoms with Crippen LogP contribution in [0.15, 0.2) is 11.6 Å². The predicted molar refractivity (Wildman–Crippen MR) is 93.5 cm³/mol. The van der Waals surface area contributed by atoms with E-state index in [-0.39, 0.29) is 5.57 Å². The van der Waals surface area contributed by atoms with Crippen molar-refractivity contribution in [2.45, 2.75) is 47.0 Å². The smallest absolute Gasteiger partial charge is 0.333 e. The van der Waals surface area contributed by atoms with Gasteiger partial charge in [-0.15, -0.1) is 0 Å². The highest BCUT2D eigenvalue weighted by atomic mass is 35.5. The molecule has 0 saturated heterocycles. The summed E-state index contributed by atoms with van der Waals surface area (Å²) in [5, 5.41) is 9.95. The number of aliphatic hydroxyl groups is 1. The molecule has 1 aromatic carbocycles. The molecule has 4 nitrogen and oxygen atoms in total. The van der Waals surface area contributed by atoms with Crippen molar-refractivity contribution in [3.8, 4) is 0 Å². The SMILES string of the molecule is COC(=O)C(C)=CC1(C(O)OCc2c(F)c(F)c(C)c(F)c2Cl)CC1(C)C. The molecule has 2 atom stereocenters. The van der Waals surface area contributed by atoms with Crippen LogP contribution in [0.1, 0.15) is 38.3 Å². The highest BCUT2D eigenvalue weighted by Gasteiger charge is 2.64. The zero-order chi connectivity index (χ0) is 20.7. The molecule has 1 aromatic rings. The van der Waals surface area contributed by atoms with Crippen LogP contribution in [0.2, 0.25) is 5.02 Å². The molecule has 1 N–H and O–H groups in total. The van der Waals surface area contributed by atoms with Crippen molar-refractivity contribution in [3.63, 3.8) is 0 Å². The van der Waals surface area contributed by atoms with Gasteiger partial charge in [0.05, 0.1) is 18.7 Å². The Morgan fingerprint density at radius 3 is 2.33 bits per heavy atom. The standard InChI is InChI=1S/C19H22ClF3O4/c1-9(16(24)26-5)6-19(8-18(19,3)4)17(25)27-7-11-12(20)13(21)10(2)14(22)15(11)23/h6,17,25H,7-8H2,1-5H3. The summed E-state index contributed by atoms with van der Waals surface area (Å²) in [4.78, 5) is 11.7.